The normalized spacial score (nSPS) is 12.1. The molecule has 0 fully saturated rings. The molecule has 0 aromatic heterocycles. The number of rotatable bonds is 3. The van der Waals surface area contributed by atoms with E-state index in [4.69, 9.17) is 4.74 Å². The zero-order chi connectivity index (χ0) is 17.3. The van der Waals surface area contributed by atoms with Gasteiger partial charge >= 0.3 is 12.5 Å². The first-order valence-electron chi connectivity index (χ1n) is 6.23. The fourth-order valence-corrected chi connectivity index (χ4v) is 2.12. The Labute approximate surface area is 127 Å². The third-order valence-electron chi connectivity index (χ3n) is 2.93. The molecule has 8 heteroatoms. The van der Waals surface area contributed by atoms with Gasteiger partial charge in [0.2, 0.25) is 0 Å². The Morgan fingerprint density at radius 3 is 1.87 bits per heavy atom. The summed E-state index contributed by atoms with van der Waals surface area (Å²) in [5.41, 5.74) is -1.96. The van der Waals surface area contributed by atoms with E-state index in [1.54, 1.807) is 0 Å². The van der Waals surface area contributed by atoms with Crippen molar-refractivity contribution in [3.05, 3.63) is 48.0 Å². The molecule has 2 aromatic rings. The van der Waals surface area contributed by atoms with Crippen molar-refractivity contribution in [2.24, 2.45) is 0 Å². The summed E-state index contributed by atoms with van der Waals surface area (Å²) < 4.78 is 85.8. The number of ether oxygens (including phenoxy) is 2. The van der Waals surface area contributed by atoms with Gasteiger partial charge in [0.15, 0.2) is 0 Å². The van der Waals surface area contributed by atoms with E-state index in [2.05, 4.69) is 4.74 Å². The molecule has 0 atom stereocenters. The lowest BCUT2D eigenvalue weighted by Gasteiger charge is -2.19. The van der Waals surface area contributed by atoms with Crippen molar-refractivity contribution >= 4 is 0 Å². The van der Waals surface area contributed by atoms with Gasteiger partial charge in [-0.3, -0.25) is 0 Å². The summed E-state index contributed by atoms with van der Waals surface area (Å²) in [4.78, 5) is 0. The van der Waals surface area contributed by atoms with Gasteiger partial charge < -0.3 is 9.47 Å². The van der Waals surface area contributed by atoms with Gasteiger partial charge in [0.25, 0.3) is 0 Å². The minimum atomic E-state index is -5.02. The Bertz CT molecular complexity index is 691. The maximum absolute atomic E-state index is 13.3. The highest BCUT2D eigenvalue weighted by molar-refractivity contribution is 5.76. The summed E-state index contributed by atoms with van der Waals surface area (Å²) in [6.07, 6.45) is -9.83. The number of para-hydroxylation sites is 1. The highest BCUT2D eigenvalue weighted by Gasteiger charge is 2.39. The van der Waals surface area contributed by atoms with Crippen LogP contribution in [0.3, 0.4) is 0 Å². The van der Waals surface area contributed by atoms with Crippen molar-refractivity contribution in [3.8, 4) is 22.6 Å². The molecule has 2 aromatic carbocycles. The molecule has 0 aliphatic carbocycles. The van der Waals surface area contributed by atoms with Gasteiger partial charge in [-0.2, -0.15) is 13.2 Å². The van der Waals surface area contributed by atoms with Crippen molar-refractivity contribution < 1.29 is 35.8 Å². The molecule has 2 rings (SSSR count). The van der Waals surface area contributed by atoms with E-state index < -0.39 is 35.2 Å². The lowest BCUT2D eigenvalue weighted by Crippen LogP contribution is -2.18. The molecule has 0 saturated carbocycles. The fraction of sp³-hybridized carbons (Fsp3) is 0.200. The van der Waals surface area contributed by atoms with E-state index in [1.165, 1.54) is 18.2 Å². The first-order valence-corrected chi connectivity index (χ1v) is 6.23. The highest BCUT2D eigenvalue weighted by atomic mass is 19.4. The van der Waals surface area contributed by atoms with Crippen LogP contribution in [0.25, 0.3) is 11.1 Å². The van der Waals surface area contributed by atoms with Crippen LogP contribution < -0.4 is 9.47 Å². The number of methoxy groups -OCH3 is 1. The van der Waals surface area contributed by atoms with Crippen molar-refractivity contribution in [1.82, 2.24) is 0 Å². The predicted octanol–water partition coefficient (Wildman–Crippen LogP) is 5.28. The quantitative estimate of drug-likeness (QED) is 0.710. The average molecular weight is 336 g/mol. The van der Waals surface area contributed by atoms with Gasteiger partial charge in [0, 0.05) is 11.1 Å². The van der Waals surface area contributed by atoms with Crippen molar-refractivity contribution in [2.75, 3.05) is 7.11 Å². The fourth-order valence-electron chi connectivity index (χ4n) is 2.12. The monoisotopic (exact) mass is 336 g/mol. The molecule has 0 aliphatic heterocycles. The SMILES string of the molecule is COc1cccc(-c2ccccc2OC(F)(F)F)c1C(F)(F)F. The molecule has 0 N–H and O–H groups in total. The first kappa shape index (κ1) is 17.0. The van der Waals surface area contributed by atoms with Crippen LogP contribution in [0.2, 0.25) is 0 Å². The third-order valence-corrected chi connectivity index (χ3v) is 2.93. The van der Waals surface area contributed by atoms with Crippen LogP contribution in [0.5, 0.6) is 11.5 Å². The number of alkyl halides is 6. The highest BCUT2D eigenvalue weighted by Crippen LogP contribution is 2.45. The van der Waals surface area contributed by atoms with Crippen LogP contribution >= 0.6 is 0 Å². The van der Waals surface area contributed by atoms with Gasteiger partial charge in [-0.15, -0.1) is 13.2 Å². The second kappa shape index (κ2) is 6.02. The molecule has 23 heavy (non-hydrogen) atoms. The molecular weight excluding hydrogens is 326 g/mol. The molecule has 2 nitrogen and oxygen atoms in total. The number of hydrogen-bond donors (Lipinski definition) is 0. The van der Waals surface area contributed by atoms with Gasteiger partial charge in [0.05, 0.1) is 7.11 Å². The van der Waals surface area contributed by atoms with Crippen LogP contribution in [0.15, 0.2) is 42.5 Å². The van der Waals surface area contributed by atoms with Gasteiger partial charge in [-0.05, 0) is 12.1 Å². The summed E-state index contributed by atoms with van der Waals surface area (Å²) >= 11 is 0. The van der Waals surface area contributed by atoms with Crippen LogP contribution in [0, 0.1) is 0 Å². The van der Waals surface area contributed by atoms with Crippen LogP contribution in [0.1, 0.15) is 5.56 Å². The maximum Gasteiger partial charge on any atom is 0.573 e. The zero-order valence-corrected chi connectivity index (χ0v) is 11.6. The average Bonchev–Trinajstić information content (AvgIpc) is 2.44. The number of halogens is 6. The van der Waals surface area contributed by atoms with Crippen molar-refractivity contribution in [2.45, 2.75) is 12.5 Å². The Balaban J connectivity index is 2.69. The lowest BCUT2D eigenvalue weighted by molar-refractivity contribution is -0.274. The standard InChI is InChI=1S/C15H10F6O2/c1-22-12-8-4-6-10(13(12)14(16,17)18)9-5-2-3-7-11(9)23-15(19,20)21/h2-8H,1H3. The topological polar surface area (TPSA) is 18.5 Å². The second-order valence-electron chi connectivity index (χ2n) is 4.42. The van der Waals surface area contributed by atoms with Crippen LogP contribution in [-0.4, -0.2) is 13.5 Å². The van der Waals surface area contributed by atoms with Crippen molar-refractivity contribution in [1.29, 1.82) is 0 Å². The van der Waals surface area contributed by atoms with E-state index in [-0.39, 0.29) is 5.56 Å². The van der Waals surface area contributed by atoms with E-state index in [9.17, 15) is 26.3 Å². The molecule has 0 bridgehead atoms. The molecule has 0 spiro atoms. The van der Waals surface area contributed by atoms with Crippen molar-refractivity contribution in [3.63, 3.8) is 0 Å². The number of benzene rings is 2. The zero-order valence-electron chi connectivity index (χ0n) is 11.6. The summed E-state index contributed by atoms with van der Waals surface area (Å²) in [5, 5.41) is 0. The predicted molar refractivity (Wildman–Crippen MR) is 70.1 cm³/mol. The molecule has 0 heterocycles. The summed E-state index contributed by atoms with van der Waals surface area (Å²) in [5.74, 6) is -1.21. The summed E-state index contributed by atoms with van der Waals surface area (Å²) in [6, 6.07) is 8.01. The van der Waals surface area contributed by atoms with E-state index in [0.717, 1.165) is 31.4 Å². The Hall–Kier alpha value is -2.38. The van der Waals surface area contributed by atoms with Crippen LogP contribution in [0.4, 0.5) is 26.3 Å². The molecule has 0 saturated heterocycles. The molecule has 0 aliphatic rings. The third kappa shape index (κ3) is 3.88. The largest absolute Gasteiger partial charge is 0.573 e. The van der Waals surface area contributed by atoms with E-state index in [0.29, 0.717) is 0 Å². The van der Waals surface area contributed by atoms with E-state index >= 15 is 0 Å². The van der Waals surface area contributed by atoms with Crippen LogP contribution in [-0.2, 0) is 6.18 Å². The Kier molecular flexibility index (Phi) is 4.44. The van der Waals surface area contributed by atoms with Gasteiger partial charge in [-0.25, -0.2) is 0 Å². The van der Waals surface area contributed by atoms with Gasteiger partial charge in [0.1, 0.15) is 17.1 Å². The lowest BCUT2D eigenvalue weighted by atomic mass is 9.97. The summed E-state index contributed by atoms with van der Waals surface area (Å²) in [6.45, 7) is 0. The first-order chi connectivity index (χ1) is 10.6. The Morgan fingerprint density at radius 1 is 0.739 bits per heavy atom. The Morgan fingerprint density at radius 2 is 1.30 bits per heavy atom. The number of hydrogen-bond acceptors (Lipinski definition) is 2. The molecular formula is C15H10F6O2. The molecule has 0 unspecified atom stereocenters. The maximum atomic E-state index is 13.3. The molecule has 0 amide bonds. The smallest absolute Gasteiger partial charge is 0.496 e. The minimum Gasteiger partial charge on any atom is -0.496 e. The van der Waals surface area contributed by atoms with E-state index in [1.807, 2.05) is 0 Å². The molecule has 124 valence electrons. The molecule has 0 radical (unpaired) electrons. The summed E-state index contributed by atoms with van der Waals surface area (Å²) in [7, 11) is 1.05. The second-order valence-corrected chi connectivity index (χ2v) is 4.42. The van der Waals surface area contributed by atoms with Gasteiger partial charge in [-0.1, -0.05) is 30.3 Å². The minimum absolute atomic E-state index is 0.337.